The third-order valence-electron chi connectivity index (χ3n) is 4.23. The molecule has 2 aromatic carbocycles. The van der Waals surface area contributed by atoms with E-state index in [1.54, 1.807) is 24.3 Å². The number of aromatic hydroxyl groups is 1. The molecule has 0 bridgehead atoms. The Kier molecular flexibility index (Phi) is 3.82. The lowest BCUT2D eigenvalue weighted by Gasteiger charge is -2.06. The number of phenols is 1. The Balaban J connectivity index is 1.50. The summed E-state index contributed by atoms with van der Waals surface area (Å²) in [6, 6.07) is 16.8. The quantitative estimate of drug-likeness (QED) is 0.495. The maximum atomic E-state index is 12.1. The lowest BCUT2D eigenvalue weighted by molar-refractivity contribution is -0.116. The third kappa shape index (κ3) is 3.04. The van der Waals surface area contributed by atoms with Crippen molar-refractivity contribution in [1.29, 1.82) is 0 Å². The molecule has 0 aliphatic carbocycles. The summed E-state index contributed by atoms with van der Waals surface area (Å²) in [5.74, 6) is -0.0866. The average Bonchev–Trinajstić information content (AvgIpc) is 3.00. The Morgan fingerprint density at radius 3 is 2.72 bits per heavy atom. The van der Waals surface area contributed by atoms with Crippen LogP contribution in [-0.4, -0.2) is 21.0 Å². The standard InChI is InChI=1S/C20H17N3O2/c24-19-8-4-3-7-17(19)23-20(25)10-9-13-11-15-14-5-1-2-6-16(14)22-18(15)12-21-13/h1-8,11-12,22,24H,9-10H2,(H,23,25). The molecule has 0 radical (unpaired) electrons. The smallest absolute Gasteiger partial charge is 0.224 e. The van der Waals surface area contributed by atoms with Gasteiger partial charge in [0.05, 0.1) is 17.4 Å². The van der Waals surface area contributed by atoms with E-state index in [2.05, 4.69) is 21.4 Å². The minimum absolute atomic E-state index is 0.0641. The fraction of sp³-hybridized carbons (Fsp3) is 0.100. The van der Waals surface area contributed by atoms with Crippen LogP contribution < -0.4 is 5.32 Å². The van der Waals surface area contributed by atoms with Gasteiger partial charge in [-0.1, -0.05) is 30.3 Å². The molecule has 5 nitrogen and oxygen atoms in total. The van der Waals surface area contributed by atoms with Gasteiger partial charge in [0.15, 0.2) is 0 Å². The summed E-state index contributed by atoms with van der Waals surface area (Å²) >= 11 is 0. The van der Waals surface area contributed by atoms with Gasteiger partial charge in [0, 0.05) is 28.4 Å². The van der Waals surface area contributed by atoms with Gasteiger partial charge in [-0.3, -0.25) is 9.78 Å². The van der Waals surface area contributed by atoms with E-state index >= 15 is 0 Å². The molecule has 0 spiro atoms. The van der Waals surface area contributed by atoms with Crippen molar-refractivity contribution in [2.45, 2.75) is 12.8 Å². The molecule has 5 heteroatoms. The van der Waals surface area contributed by atoms with Crippen LogP contribution in [0.3, 0.4) is 0 Å². The molecule has 0 saturated heterocycles. The van der Waals surface area contributed by atoms with Crippen molar-refractivity contribution in [2.24, 2.45) is 0 Å². The van der Waals surface area contributed by atoms with Crippen molar-refractivity contribution >= 4 is 33.4 Å². The lowest BCUT2D eigenvalue weighted by Crippen LogP contribution is -2.12. The number of anilines is 1. The molecule has 0 unspecified atom stereocenters. The number of aromatic amines is 1. The van der Waals surface area contributed by atoms with E-state index in [0.29, 0.717) is 18.5 Å². The number of aromatic nitrogens is 2. The molecule has 0 atom stereocenters. The van der Waals surface area contributed by atoms with E-state index in [0.717, 1.165) is 27.5 Å². The number of amides is 1. The van der Waals surface area contributed by atoms with Crippen LogP contribution in [0.4, 0.5) is 5.69 Å². The number of aryl methyl sites for hydroxylation is 1. The monoisotopic (exact) mass is 331 g/mol. The van der Waals surface area contributed by atoms with Crippen molar-refractivity contribution in [1.82, 2.24) is 9.97 Å². The number of phenolic OH excluding ortho intramolecular Hbond substituents is 1. The highest BCUT2D eigenvalue weighted by molar-refractivity contribution is 6.07. The largest absolute Gasteiger partial charge is 0.506 e. The average molecular weight is 331 g/mol. The Hall–Kier alpha value is -3.34. The summed E-state index contributed by atoms with van der Waals surface area (Å²) in [5.41, 5.74) is 3.36. The number of carbonyl (C=O) groups excluding carboxylic acids is 1. The zero-order chi connectivity index (χ0) is 17.2. The molecule has 4 aromatic rings. The molecule has 124 valence electrons. The summed E-state index contributed by atoms with van der Waals surface area (Å²) in [7, 11) is 0. The van der Waals surface area contributed by atoms with Crippen LogP contribution in [0, 0.1) is 0 Å². The van der Waals surface area contributed by atoms with Crippen LogP contribution in [0.1, 0.15) is 12.1 Å². The summed E-state index contributed by atoms with van der Waals surface area (Å²) in [4.78, 5) is 19.9. The Labute approximate surface area is 144 Å². The second-order valence-corrected chi connectivity index (χ2v) is 5.96. The Bertz CT molecular complexity index is 1070. The molecular formula is C20H17N3O2. The van der Waals surface area contributed by atoms with Gasteiger partial charge in [-0.15, -0.1) is 0 Å². The Morgan fingerprint density at radius 2 is 1.84 bits per heavy atom. The van der Waals surface area contributed by atoms with E-state index in [1.807, 2.05) is 30.5 Å². The zero-order valence-corrected chi connectivity index (χ0v) is 13.5. The van der Waals surface area contributed by atoms with Crippen molar-refractivity contribution in [3.8, 4) is 5.75 Å². The van der Waals surface area contributed by atoms with Crippen LogP contribution >= 0.6 is 0 Å². The molecule has 1 amide bonds. The van der Waals surface area contributed by atoms with Crippen LogP contribution in [0.25, 0.3) is 21.8 Å². The van der Waals surface area contributed by atoms with E-state index in [1.165, 1.54) is 0 Å². The van der Waals surface area contributed by atoms with Crippen LogP contribution in [0.5, 0.6) is 5.75 Å². The van der Waals surface area contributed by atoms with E-state index in [9.17, 15) is 9.90 Å². The molecule has 3 N–H and O–H groups in total. The first-order chi connectivity index (χ1) is 12.2. The molecule has 0 aliphatic rings. The summed E-state index contributed by atoms with van der Waals surface area (Å²) < 4.78 is 0. The SMILES string of the molecule is O=C(CCc1cc2c(cn1)[nH]c1ccccc12)Nc1ccccc1O. The molecule has 0 aliphatic heterocycles. The molecule has 4 rings (SSSR count). The van der Waals surface area contributed by atoms with Gasteiger partial charge in [0.2, 0.25) is 5.91 Å². The van der Waals surface area contributed by atoms with Crippen molar-refractivity contribution < 1.29 is 9.90 Å². The molecule has 0 saturated carbocycles. The Morgan fingerprint density at radius 1 is 1.04 bits per heavy atom. The van der Waals surface area contributed by atoms with Gasteiger partial charge in [-0.05, 0) is 30.7 Å². The summed E-state index contributed by atoms with van der Waals surface area (Å²) in [5, 5.41) is 14.7. The van der Waals surface area contributed by atoms with Gasteiger partial charge >= 0.3 is 0 Å². The van der Waals surface area contributed by atoms with Crippen LogP contribution in [0.15, 0.2) is 60.8 Å². The molecular weight excluding hydrogens is 314 g/mol. The van der Waals surface area contributed by atoms with E-state index in [4.69, 9.17) is 0 Å². The molecule has 0 fully saturated rings. The summed E-state index contributed by atoms with van der Waals surface area (Å²) in [6.07, 6.45) is 2.65. The first kappa shape index (κ1) is 15.2. The highest BCUT2D eigenvalue weighted by Gasteiger charge is 2.09. The number of nitrogens with zero attached hydrogens (tertiary/aromatic N) is 1. The number of para-hydroxylation sites is 3. The first-order valence-electron chi connectivity index (χ1n) is 8.14. The second-order valence-electron chi connectivity index (χ2n) is 5.96. The number of H-pyrrole nitrogens is 1. The number of fused-ring (bicyclic) bond motifs is 3. The van der Waals surface area contributed by atoms with Gasteiger partial charge in [0.25, 0.3) is 0 Å². The van der Waals surface area contributed by atoms with Gasteiger partial charge < -0.3 is 15.4 Å². The first-order valence-corrected chi connectivity index (χ1v) is 8.14. The lowest BCUT2D eigenvalue weighted by atomic mass is 10.1. The van der Waals surface area contributed by atoms with Gasteiger partial charge in [-0.2, -0.15) is 0 Å². The number of hydrogen-bond donors (Lipinski definition) is 3. The minimum atomic E-state index is -0.151. The topological polar surface area (TPSA) is 78.0 Å². The molecule has 25 heavy (non-hydrogen) atoms. The highest BCUT2D eigenvalue weighted by Crippen LogP contribution is 2.25. The van der Waals surface area contributed by atoms with Crippen LogP contribution in [0.2, 0.25) is 0 Å². The molecule has 2 aromatic heterocycles. The minimum Gasteiger partial charge on any atom is -0.506 e. The van der Waals surface area contributed by atoms with E-state index in [-0.39, 0.29) is 11.7 Å². The number of benzene rings is 2. The predicted molar refractivity (Wildman–Crippen MR) is 98.7 cm³/mol. The van der Waals surface area contributed by atoms with Crippen molar-refractivity contribution in [2.75, 3.05) is 5.32 Å². The number of hydrogen-bond acceptors (Lipinski definition) is 3. The van der Waals surface area contributed by atoms with Crippen molar-refractivity contribution in [3.05, 3.63) is 66.5 Å². The number of pyridine rings is 1. The molecule has 2 heterocycles. The second kappa shape index (κ2) is 6.28. The zero-order valence-electron chi connectivity index (χ0n) is 13.5. The fourth-order valence-corrected chi connectivity index (χ4v) is 2.96. The normalized spacial score (nSPS) is 11.0. The van der Waals surface area contributed by atoms with Crippen molar-refractivity contribution in [3.63, 3.8) is 0 Å². The number of rotatable bonds is 4. The summed E-state index contributed by atoms with van der Waals surface area (Å²) in [6.45, 7) is 0. The van der Waals surface area contributed by atoms with E-state index < -0.39 is 0 Å². The van der Waals surface area contributed by atoms with Crippen LogP contribution in [-0.2, 0) is 11.2 Å². The number of nitrogens with one attached hydrogen (secondary N) is 2. The maximum Gasteiger partial charge on any atom is 0.224 e. The number of carbonyl (C=O) groups is 1. The fourth-order valence-electron chi connectivity index (χ4n) is 2.96. The third-order valence-corrected chi connectivity index (χ3v) is 4.23. The highest BCUT2D eigenvalue weighted by atomic mass is 16.3. The van der Waals surface area contributed by atoms with Gasteiger partial charge in [-0.25, -0.2) is 0 Å². The predicted octanol–water partition coefficient (Wildman–Crippen LogP) is 3.99. The van der Waals surface area contributed by atoms with Gasteiger partial charge in [0.1, 0.15) is 5.75 Å². The maximum absolute atomic E-state index is 12.1.